The molecule has 1 N–H and O–H groups in total. The standard InChI is InChI=1S/C21H26NO.C10H13.W/c1-2-15-22-16-13-20(14-17-22)21(23,18-9-5-3-6-10-18)19-11-7-4-8-12-19;1-10(2,3)9-7-5-4-6-8-9;/h3-12,20,23H,1-2,13-17H2;5-8H,1-3H3;/q2*-1;+2. The summed E-state index contributed by atoms with van der Waals surface area (Å²) in [6, 6.07) is 31.4. The second kappa shape index (κ2) is 13.4. The van der Waals surface area contributed by atoms with Crippen molar-refractivity contribution in [3.8, 4) is 0 Å². The topological polar surface area (TPSA) is 23.5 Å². The van der Waals surface area contributed by atoms with Crippen LogP contribution in [-0.2, 0) is 32.1 Å². The largest absolute Gasteiger partial charge is 2.00 e. The molecule has 1 aliphatic rings. The molecule has 3 aromatic carbocycles. The summed E-state index contributed by atoms with van der Waals surface area (Å²) in [6.45, 7) is 13.7. The molecule has 0 atom stereocenters. The van der Waals surface area contributed by atoms with Gasteiger partial charge in [-0.25, -0.2) is 0 Å². The van der Waals surface area contributed by atoms with E-state index in [4.69, 9.17) is 0 Å². The molecule has 1 fully saturated rings. The molecular formula is C31H39NOW. The Morgan fingerprint density at radius 2 is 1.29 bits per heavy atom. The van der Waals surface area contributed by atoms with E-state index in [1.165, 1.54) is 5.56 Å². The van der Waals surface area contributed by atoms with Gasteiger partial charge in [-0.1, -0.05) is 81.4 Å². The maximum atomic E-state index is 11.8. The molecule has 3 aromatic rings. The van der Waals surface area contributed by atoms with Crippen LogP contribution in [0.4, 0.5) is 0 Å². The van der Waals surface area contributed by atoms with E-state index in [1.54, 1.807) is 0 Å². The number of aliphatic hydroxyl groups is 1. The van der Waals surface area contributed by atoms with Crippen molar-refractivity contribution in [2.75, 3.05) is 19.6 Å². The van der Waals surface area contributed by atoms with Gasteiger partial charge in [-0.2, -0.15) is 42.3 Å². The second-order valence-corrected chi connectivity index (χ2v) is 10.0. The van der Waals surface area contributed by atoms with Crippen LogP contribution in [0, 0.1) is 18.9 Å². The van der Waals surface area contributed by atoms with Crippen molar-refractivity contribution in [2.45, 2.75) is 51.0 Å². The number of likely N-dealkylation sites (tertiary alicyclic amines) is 1. The van der Waals surface area contributed by atoms with Crippen molar-refractivity contribution in [3.63, 3.8) is 0 Å². The Balaban J connectivity index is 0.000000314. The summed E-state index contributed by atoms with van der Waals surface area (Å²) < 4.78 is 0. The van der Waals surface area contributed by atoms with Crippen LogP contribution in [-0.4, -0.2) is 29.6 Å². The molecule has 0 bridgehead atoms. The molecule has 0 spiro atoms. The normalized spacial score (nSPS) is 15.1. The number of piperidine rings is 1. The maximum Gasteiger partial charge on any atom is 2.00 e. The molecular weight excluding hydrogens is 586 g/mol. The fraction of sp³-hybridized carbons (Fsp3) is 0.387. The third-order valence-corrected chi connectivity index (χ3v) is 6.66. The number of nitrogens with zero attached hydrogens (tertiary/aromatic N) is 1. The summed E-state index contributed by atoms with van der Waals surface area (Å²) in [6.07, 6.45) is 2.98. The molecule has 1 heterocycles. The summed E-state index contributed by atoms with van der Waals surface area (Å²) in [4.78, 5) is 2.46. The van der Waals surface area contributed by atoms with Crippen LogP contribution in [0.2, 0.25) is 0 Å². The van der Waals surface area contributed by atoms with Gasteiger partial charge in [-0.05, 0) is 54.9 Å². The van der Waals surface area contributed by atoms with E-state index in [1.807, 2.05) is 48.5 Å². The first-order valence-corrected chi connectivity index (χ1v) is 12.2. The summed E-state index contributed by atoms with van der Waals surface area (Å²) in [5.74, 6) is 0.244. The zero-order valence-electron chi connectivity index (χ0n) is 20.9. The zero-order chi connectivity index (χ0) is 23.7. The van der Waals surface area contributed by atoms with Gasteiger partial charge in [0.2, 0.25) is 0 Å². The van der Waals surface area contributed by atoms with Gasteiger partial charge in [-0.3, -0.25) is 0 Å². The van der Waals surface area contributed by atoms with Crippen LogP contribution >= 0.6 is 0 Å². The Morgan fingerprint density at radius 1 is 0.824 bits per heavy atom. The van der Waals surface area contributed by atoms with Crippen molar-refractivity contribution in [1.82, 2.24) is 4.90 Å². The molecule has 180 valence electrons. The molecule has 34 heavy (non-hydrogen) atoms. The quantitative estimate of drug-likeness (QED) is 0.322. The van der Waals surface area contributed by atoms with Gasteiger partial charge in [0.15, 0.2) is 0 Å². The maximum absolute atomic E-state index is 11.8. The SMILES string of the molecule is CC(C)(C)c1cc[c-]cc1.[CH2-]CCN1CCC(C(O)(c2ccccc2)c2ccccc2)CC1.[W+2]. The number of benzene rings is 3. The first kappa shape index (κ1) is 28.5. The van der Waals surface area contributed by atoms with Crippen LogP contribution in [0.1, 0.15) is 56.7 Å². The van der Waals surface area contributed by atoms with Gasteiger partial charge in [-0.15, -0.1) is 0 Å². The minimum Gasteiger partial charge on any atom is -0.380 e. The predicted octanol–water partition coefficient (Wildman–Crippen LogP) is 6.64. The van der Waals surface area contributed by atoms with Gasteiger partial charge in [0, 0.05) is 0 Å². The third-order valence-electron chi connectivity index (χ3n) is 6.66. The molecule has 4 rings (SSSR count). The van der Waals surface area contributed by atoms with Crippen LogP contribution in [0.15, 0.2) is 84.9 Å². The average molecular weight is 625 g/mol. The average Bonchev–Trinajstić information content (AvgIpc) is 2.86. The van der Waals surface area contributed by atoms with E-state index in [0.717, 1.165) is 50.0 Å². The Morgan fingerprint density at radius 3 is 1.68 bits per heavy atom. The summed E-state index contributed by atoms with van der Waals surface area (Å²) in [5.41, 5.74) is 2.74. The molecule has 0 unspecified atom stereocenters. The first-order chi connectivity index (χ1) is 15.9. The third kappa shape index (κ3) is 7.38. The summed E-state index contributed by atoms with van der Waals surface area (Å²) in [5, 5.41) is 11.8. The summed E-state index contributed by atoms with van der Waals surface area (Å²) >= 11 is 0. The Bertz CT molecular complexity index is 890. The van der Waals surface area contributed by atoms with E-state index in [2.05, 4.69) is 75.1 Å². The molecule has 0 radical (unpaired) electrons. The number of rotatable bonds is 5. The van der Waals surface area contributed by atoms with E-state index < -0.39 is 5.60 Å². The van der Waals surface area contributed by atoms with E-state index in [-0.39, 0.29) is 32.4 Å². The monoisotopic (exact) mass is 625 g/mol. The van der Waals surface area contributed by atoms with E-state index >= 15 is 0 Å². The van der Waals surface area contributed by atoms with Crippen molar-refractivity contribution in [3.05, 3.63) is 115 Å². The molecule has 3 heteroatoms. The molecule has 1 saturated heterocycles. The van der Waals surface area contributed by atoms with E-state index in [9.17, 15) is 5.11 Å². The summed E-state index contributed by atoms with van der Waals surface area (Å²) in [7, 11) is 0. The van der Waals surface area contributed by atoms with Gasteiger partial charge in [0.05, 0.1) is 0 Å². The molecule has 2 nitrogen and oxygen atoms in total. The van der Waals surface area contributed by atoms with Crippen LogP contribution in [0.5, 0.6) is 0 Å². The Kier molecular flexibility index (Phi) is 11.2. The van der Waals surface area contributed by atoms with Crippen molar-refractivity contribution in [1.29, 1.82) is 0 Å². The van der Waals surface area contributed by atoms with Gasteiger partial charge in [0.25, 0.3) is 0 Å². The van der Waals surface area contributed by atoms with Crippen molar-refractivity contribution in [2.24, 2.45) is 5.92 Å². The van der Waals surface area contributed by atoms with Crippen molar-refractivity contribution < 1.29 is 26.2 Å². The van der Waals surface area contributed by atoms with Gasteiger partial charge >= 0.3 is 21.1 Å². The smallest absolute Gasteiger partial charge is 0.380 e. The van der Waals surface area contributed by atoms with Crippen LogP contribution in [0.3, 0.4) is 0 Å². The molecule has 1 aliphatic heterocycles. The minimum atomic E-state index is -0.904. The molecule has 0 saturated carbocycles. The predicted molar refractivity (Wildman–Crippen MR) is 139 cm³/mol. The zero-order valence-corrected chi connectivity index (χ0v) is 23.8. The fourth-order valence-electron chi connectivity index (χ4n) is 4.71. The Labute approximate surface area is 221 Å². The number of hydrogen-bond donors (Lipinski definition) is 1. The van der Waals surface area contributed by atoms with Gasteiger partial charge in [0.1, 0.15) is 5.60 Å². The van der Waals surface area contributed by atoms with E-state index in [0.29, 0.717) is 0 Å². The Hall–Kier alpha value is -1.73. The molecule has 0 aliphatic carbocycles. The van der Waals surface area contributed by atoms with Gasteiger partial charge < -0.3 is 16.9 Å². The fourth-order valence-corrected chi connectivity index (χ4v) is 4.71. The second-order valence-electron chi connectivity index (χ2n) is 10.0. The van der Waals surface area contributed by atoms with Crippen LogP contribution in [0.25, 0.3) is 0 Å². The molecule has 0 aromatic heterocycles. The minimum absolute atomic E-state index is 0. The number of hydrogen-bond acceptors (Lipinski definition) is 2. The van der Waals surface area contributed by atoms with Crippen LogP contribution < -0.4 is 0 Å². The first-order valence-electron chi connectivity index (χ1n) is 12.2. The molecule has 0 amide bonds. The van der Waals surface area contributed by atoms with Crippen molar-refractivity contribution >= 4 is 0 Å².